The molecule has 5 rings (SSSR count). The van der Waals surface area contributed by atoms with Gasteiger partial charge in [-0.15, -0.1) is 0 Å². The standard InChI is InChI=1S/C29H34N4O6/c1-29(2)37-18-24(39-29)17-33-16-21(15-31-33)20-5-8-26(25(14-20)28(30)36)38-23-9-11-32(12-10-23)27(35)13-19-3-6-22(34)7-4-19/h3-8,14-16,23-24,34H,9-13,17-18H2,1-2H3,(H2,30,36)/t24-/m0/s1. The van der Waals surface area contributed by atoms with Crippen LogP contribution in [0.3, 0.4) is 0 Å². The number of nitrogens with zero attached hydrogens (tertiary/aromatic N) is 3. The number of amides is 2. The Morgan fingerprint density at radius 2 is 1.87 bits per heavy atom. The smallest absolute Gasteiger partial charge is 0.252 e. The lowest BCUT2D eigenvalue weighted by Gasteiger charge is -2.32. The second-order valence-corrected chi connectivity index (χ2v) is 10.5. The van der Waals surface area contributed by atoms with Gasteiger partial charge in [0.05, 0.1) is 31.3 Å². The third-order valence-corrected chi connectivity index (χ3v) is 7.05. The minimum atomic E-state index is -0.590. The van der Waals surface area contributed by atoms with Gasteiger partial charge in [-0.25, -0.2) is 0 Å². The second kappa shape index (κ2) is 11.1. The SMILES string of the molecule is CC1(C)OC[C@H](Cn2cc(-c3ccc(OC4CCN(C(=O)Cc5ccc(O)cc5)CC4)c(C(N)=O)c3)cn2)O1. The van der Waals surface area contributed by atoms with Crippen molar-refractivity contribution < 1.29 is 28.9 Å². The number of phenolic OH excluding ortho intramolecular Hbond substituents is 1. The van der Waals surface area contributed by atoms with Crippen LogP contribution >= 0.6 is 0 Å². The predicted molar refractivity (Wildman–Crippen MR) is 143 cm³/mol. The van der Waals surface area contributed by atoms with Crippen molar-refractivity contribution in [2.75, 3.05) is 19.7 Å². The number of nitrogens with two attached hydrogens (primary N) is 1. The van der Waals surface area contributed by atoms with Crippen molar-refractivity contribution in [3.05, 3.63) is 66.0 Å². The highest BCUT2D eigenvalue weighted by Gasteiger charge is 2.33. The fourth-order valence-corrected chi connectivity index (χ4v) is 4.98. The van der Waals surface area contributed by atoms with Crippen molar-refractivity contribution in [1.29, 1.82) is 0 Å². The zero-order valence-corrected chi connectivity index (χ0v) is 22.2. The zero-order valence-electron chi connectivity index (χ0n) is 22.2. The average Bonchev–Trinajstić information content (AvgIpc) is 3.51. The van der Waals surface area contributed by atoms with E-state index >= 15 is 0 Å². The number of carbonyl (C=O) groups is 2. The fourth-order valence-electron chi connectivity index (χ4n) is 4.98. The summed E-state index contributed by atoms with van der Waals surface area (Å²) in [5.74, 6) is -0.507. The quantitative estimate of drug-likeness (QED) is 0.454. The Morgan fingerprint density at radius 1 is 1.13 bits per heavy atom. The van der Waals surface area contributed by atoms with E-state index in [1.807, 2.05) is 31.0 Å². The number of benzene rings is 2. The minimum Gasteiger partial charge on any atom is -0.508 e. The molecule has 0 spiro atoms. The van der Waals surface area contributed by atoms with Gasteiger partial charge in [0, 0.05) is 37.7 Å². The molecule has 3 N–H and O–H groups in total. The van der Waals surface area contributed by atoms with Gasteiger partial charge in [-0.05, 0) is 49.2 Å². The van der Waals surface area contributed by atoms with Gasteiger partial charge < -0.3 is 30.0 Å². The molecule has 39 heavy (non-hydrogen) atoms. The van der Waals surface area contributed by atoms with Gasteiger partial charge >= 0.3 is 0 Å². The molecule has 3 heterocycles. The summed E-state index contributed by atoms with van der Waals surface area (Å²) in [6.45, 7) is 5.97. The Balaban J connectivity index is 1.19. The maximum absolute atomic E-state index is 12.7. The Labute approximate surface area is 227 Å². The maximum atomic E-state index is 12.7. The Morgan fingerprint density at radius 3 is 2.54 bits per heavy atom. The number of hydrogen-bond acceptors (Lipinski definition) is 7. The van der Waals surface area contributed by atoms with Crippen LogP contribution in [-0.4, -0.2) is 69.3 Å². The third-order valence-electron chi connectivity index (χ3n) is 7.05. The Bertz CT molecular complexity index is 1330. The molecule has 0 radical (unpaired) electrons. The van der Waals surface area contributed by atoms with E-state index in [-0.39, 0.29) is 30.3 Å². The largest absolute Gasteiger partial charge is 0.508 e. The highest BCUT2D eigenvalue weighted by molar-refractivity contribution is 5.97. The molecule has 2 amide bonds. The Hall–Kier alpha value is -3.89. The van der Waals surface area contributed by atoms with Gasteiger partial charge in [0.2, 0.25) is 5.91 Å². The first-order valence-corrected chi connectivity index (χ1v) is 13.2. The molecule has 0 bridgehead atoms. The van der Waals surface area contributed by atoms with E-state index in [0.717, 1.165) is 16.7 Å². The van der Waals surface area contributed by atoms with Crippen LogP contribution < -0.4 is 10.5 Å². The Kier molecular flexibility index (Phi) is 7.58. The van der Waals surface area contributed by atoms with E-state index in [0.29, 0.717) is 50.4 Å². The van der Waals surface area contributed by atoms with Crippen LogP contribution in [0.25, 0.3) is 11.1 Å². The molecule has 2 aromatic carbocycles. The van der Waals surface area contributed by atoms with Crippen molar-refractivity contribution in [3.8, 4) is 22.6 Å². The van der Waals surface area contributed by atoms with Gasteiger partial charge in [-0.1, -0.05) is 18.2 Å². The van der Waals surface area contributed by atoms with Crippen LogP contribution in [0.2, 0.25) is 0 Å². The number of carbonyl (C=O) groups excluding carboxylic acids is 2. The van der Waals surface area contributed by atoms with Crippen LogP contribution in [0.5, 0.6) is 11.5 Å². The molecule has 10 heteroatoms. The van der Waals surface area contributed by atoms with Gasteiger partial charge in [-0.2, -0.15) is 5.10 Å². The first-order chi connectivity index (χ1) is 18.6. The maximum Gasteiger partial charge on any atom is 0.252 e. The molecule has 1 aromatic heterocycles. The summed E-state index contributed by atoms with van der Waals surface area (Å²) < 4.78 is 19.5. The molecule has 10 nitrogen and oxygen atoms in total. The minimum absolute atomic E-state index is 0.0394. The zero-order chi connectivity index (χ0) is 27.6. The number of piperidine rings is 1. The van der Waals surface area contributed by atoms with E-state index in [1.54, 1.807) is 47.3 Å². The van der Waals surface area contributed by atoms with Crippen molar-refractivity contribution in [2.24, 2.45) is 5.73 Å². The second-order valence-electron chi connectivity index (χ2n) is 10.5. The number of likely N-dealkylation sites (tertiary alicyclic amines) is 1. The molecule has 2 saturated heterocycles. The van der Waals surface area contributed by atoms with Gasteiger partial charge in [0.1, 0.15) is 23.7 Å². The van der Waals surface area contributed by atoms with Gasteiger partial charge in [-0.3, -0.25) is 14.3 Å². The molecule has 2 aliphatic heterocycles. The van der Waals surface area contributed by atoms with Crippen molar-refractivity contribution in [1.82, 2.24) is 14.7 Å². The molecule has 0 saturated carbocycles. The molecular formula is C29H34N4O6. The lowest BCUT2D eigenvalue weighted by Crippen LogP contribution is -2.42. The monoisotopic (exact) mass is 534 g/mol. The van der Waals surface area contributed by atoms with Crippen molar-refractivity contribution >= 4 is 11.8 Å². The molecule has 1 atom stereocenters. The van der Waals surface area contributed by atoms with Crippen LogP contribution in [0.15, 0.2) is 54.9 Å². The van der Waals surface area contributed by atoms with E-state index in [4.69, 9.17) is 19.9 Å². The summed E-state index contributed by atoms with van der Waals surface area (Å²) in [6.07, 6.45) is 5.02. The number of rotatable bonds is 8. The molecule has 206 valence electrons. The van der Waals surface area contributed by atoms with E-state index in [1.165, 1.54) is 0 Å². The van der Waals surface area contributed by atoms with Gasteiger partial charge in [0.25, 0.3) is 5.91 Å². The lowest BCUT2D eigenvalue weighted by molar-refractivity contribution is -0.139. The van der Waals surface area contributed by atoms with E-state index in [9.17, 15) is 14.7 Å². The third kappa shape index (κ3) is 6.58. The number of phenols is 1. The average molecular weight is 535 g/mol. The molecule has 2 fully saturated rings. The van der Waals surface area contributed by atoms with Crippen LogP contribution in [-0.2, 0) is 27.2 Å². The topological polar surface area (TPSA) is 129 Å². The first-order valence-electron chi connectivity index (χ1n) is 13.2. The summed E-state index contributed by atoms with van der Waals surface area (Å²) in [4.78, 5) is 26.8. The number of hydrogen-bond donors (Lipinski definition) is 2. The highest BCUT2D eigenvalue weighted by atomic mass is 16.7. The van der Waals surface area contributed by atoms with E-state index in [2.05, 4.69) is 5.10 Å². The van der Waals surface area contributed by atoms with Crippen molar-refractivity contribution in [3.63, 3.8) is 0 Å². The van der Waals surface area contributed by atoms with Crippen LogP contribution in [0.4, 0.5) is 0 Å². The summed E-state index contributed by atoms with van der Waals surface area (Å²) in [6, 6.07) is 12.1. The van der Waals surface area contributed by atoms with Crippen LogP contribution in [0, 0.1) is 0 Å². The molecule has 3 aromatic rings. The molecule has 0 unspecified atom stereocenters. The lowest BCUT2D eigenvalue weighted by atomic mass is 10.0. The highest BCUT2D eigenvalue weighted by Crippen LogP contribution is 2.29. The summed E-state index contributed by atoms with van der Waals surface area (Å²) in [7, 11) is 0. The summed E-state index contributed by atoms with van der Waals surface area (Å²) in [5.41, 5.74) is 8.53. The number of aromatic nitrogens is 2. The normalized spacial score (nSPS) is 19.2. The predicted octanol–water partition coefficient (Wildman–Crippen LogP) is 3.12. The van der Waals surface area contributed by atoms with Gasteiger partial charge in [0.15, 0.2) is 5.79 Å². The fraction of sp³-hybridized carbons (Fsp3) is 0.414. The molecular weight excluding hydrogens is 500 g/mol. The number of ether oxygens (including phenoxy) is 3. The van der Waals surface area contributed by atoms with Crippen molar-refractivity contribution in [2.45, 2.75) is 57.6 Å². The molecule has 2 aliphatic rings. The van der Waals surface area contributed by atoms with Crippen LogP contribution in [0.1, 0.15) is 42.6 Å². The molecule has 0 aliphatic carbocycles. The summed E-state index contributed by atoms with van der Waals surface area (Å²) >= 11 is 0. The van der Waals surface area contributed by atoms with E-state index < -0.39 is 11.7 Å². The number of primary amides is 1. The number of aromatic hydroxyl groups is 1. The summed E-state index contributed by atoms with van der Waals surface area (Å²) in [5, 5.41) is 13.9. The first kappa shape index (κ1) is 26.7.